The summed E-state index contributed by atoms with van der Waals surface area (Å²) in [4.78, 5) is 10.9. The molecule has 1 heterocycles. The van der Waals surface area contributed by atoms with Crippen LogP contribution in [0.2, 0.25) is 0 Å². The number of aliphatic hydroxyl groups excluding tert-OH is 1. The van der Waals surface area contributed by atoms with Crippen molar-refractivity contribution >= 4 is 11.9 Å². The minimum absolute atomic E-state index is 0.0186. The number of carbonyl (C=O) groups excluding carboxylic acids is 1. The Bertz CT molecular complexity index is 284. The average molecular weight is 185 g/mol. The van der Waals surface area contributed by atoms with Gasteiger partial charge in [-0.05, 0) is 6.92 Å². The van der Waals surface area contributed by atoms with E-state index >= 15 is 0 Å². The highest BCUT2D eigenvalue weighted by Gasteiger charge is 2.04. The molecule has 0 saturated carbocycles. The van der Waals surface area contributed by atoms with Gasteiger partial charge in [-0.3, -0.25) is 10.4 Å². The zero-order valence-corrected chi connectivity index (χ0v) is 7.20. The summed E-state index contributed by atoms with van der Waals surface area (Å²) in [5.74, 6) is 0.403. The average Bonchev–Trinajstić information content (AvgIpc) is 2.48. The minimum Gasteiger partial charge on any atom is -0.447 e. The molecule has 72 valence electrons. The maximum Gasteiger partial charge on any atom is 0.412 e. The van der Waals surface area contributed by atoms with E-state index in [0.29, 0.717) is 5.82 Å². The Hall–Kier alpha value is -1.56. The molecule has 0 unspecified atom stereocenters. The smallest absolute Gasteiger partial charge is 0.412 e. The third kappa shape index (κ3) is 3.12. The number of hydrogen-bond donors (Lipinski definition) is 3. The molecular weight excluding hydrogens is 174 g/mol. The van der Waals surface area contributed by atoms with Crippen molar-refractivity contribution in [1.29, 1.82) is 0 Å². The number of nitrogens with zero attached hydrogens (tertiary/aromatic N) is 1. The summed E-state index contributed by atoms with van der Waals surface area (Å²) in [5.41, 5.74) is 0.845. The lowest BCUT2D eigenvalue weighted by atomic mass is 10.5. The topological polar surface area (TPSA) is 87.2 Å². The molecule has 0 aliphatic rings. The zero-order chi connectivity index (χ0) is 9.68. The number of anilines is 1. The van der Waals surface area contributed by atoms with Crippen molar-refractivity contribution in [3.8, 4) is 0 Å². The summed E-state index contributed by atoms with van der Waals surface area (Å²) in [6, 6.07) is 1.67. The Kier molecular flexibility index (Phi) is 3.27. The Morgan fingerprint density at radius 1 is 1.85 bits per heavy atom. The number of nitrogens with one attached hydrogen (secondary N) is 2. The van der Waals surface area contributed by atoms with Gasteiger partial charge in [0.1, 0.15) is 6.61 Å². The molecule has 1 amide bonds. The molecule has 0 radical (unpaired) electrons. The fraction of sp³-hybridized carbons (Fsp3) is 0.429. The van der Waals surface area contributed by atoms with Gasteiger partial charge in [0, 0.05) is 11.8 Å². The van der Waals surface area contributed by atoms with Crippen molar-refractivity contribution in [3.05, 3.63) is 11.8 Å². The maximum absolute atomic E-state index is 10.9. The van der Waals surface area contributed by atoms with E-state index in [9.17, 15) is 4.79 Å². The van der Waals surface area contributed by atoms with E-state index in [1.54, 1.807) is 6.07 Å². The molecule has 6 heteroatoms. The fourth-order valence-corrected chi connectivity index (χ4v) is 0.761. The second-order valence-electron chi connectivity index (χ2n) is 2.42. The van der Waals surface area contributed by atoms with Crippen molar-refractivity contribution < 1.29 is 14.6 Å². The molecule has 0 aliphatic heterocycles. The summed E-state index contributed by atoms with van der Waals surface area (Å²) in [6.45, 7) is 1.61. The van der Waals surface area contributed by atoms with Crippen LogP contribution in [0.1, 0.15) is 5.69 Å². The lowest BCUT2D eigenvalue weighted by molar-refractivity contribution is 0.131. The van der Waals surface area contributed by atoms with Crippen LogP contribution in [0.15, 0.2) is 6.07 Å². The van der Waals surface area contributed by atoms with Crippen LogP contribution in [-0.4, -0.2) is 34.6 Å². The summed E-state index contributed by atoms with van der Waals surface area (Å²) in [6.07, 6.45) is -0.624. The summed E-state index contributed by atoms with van der Waals surface area (Å²) in [5, 5.41) is 17.2. The van der Waals surface area contributed by atoms with Crippen LogP contribution in [0.25, 0.3) is 0 Å². The van der Waals surface area contributed by atoms with Gasteiger partial charge in [-0.25, -0.2) is 4.79 Å². The van der Waals surface area contributed by atoms with Gasteiger partial charge in [0.2, 0.25) is 0 Å². The number of ether oxygens (including phenoxy) is 1. The van der Waals surface area contributed by atoms with Crippen molar-refractivity contribution in [2.24, 2.45) is 0 Å². The standard InChI is InChI=1S/C7H11N3O3/c1-5-4-6(10-9-5)8-7(12)13-3-2-11/h4,11H,2-3H2,1H3,(H2,8,9,10,12). The molecule has 0 aliphatic carbocycles. The zero-order valence-electron chi connectivity index (χ0n) is 7.20. The van der Waals surface area contributed by atoms with E-state index in [1.165, 1.54) is 0 Å². The minimum atomic E-state index is -0.624. The first-order chi connectivity index (χ1) is 6.22. The van der Waals surface area contributed by atoms with Crippen LogP contribution in [0.3, 0.4) is 0 Å². The van der Waals surface area contributed by atoms with Crippen molar-refractivity contribution in [1.82, 2.24) is 10.2 Å². The Balaban J connectivity index is 2.36. The molecule has 3 N–H and O–H groups in total. The van der Waals surface area contributed by atoms with Gasteiger partial charge in [0.25, 0.3) is 0 Å². The van der Waals surface area contributed by atoms with Crippen molar-refractivity contribution in [2.45, 2.75) is 6.92 Å². The number of aromatic nitrogens is 2. The Labute approximate surface area is 74.9 Å². The number of aliphatic hydroxyl groups is 1. The molecule has 6 nitrogen and oxygen atoms in total. The lowest BCUT2D eigenvalue weighted by Crippen LogP contribution is -2.15. The summed E-state index contributed by atoms with van der Waals surface area (Å²) >= 11 is 0. The fourth-order valence-electron chi connectivity index (χ4n) is 0.761. The number of aryl methyl sites for hydroxylation is 1. The molecule has 0 bridgehead atoms. The lowest BCUT2D eigenvalue weighted by Gasteiger charge is -2.01. The monoisotopic (exact) mass is 185 g/mol. The number of hydrogen-bond acceptors (Lipinski definition) is 4. The highest BCUT2D eigenvalue weighted by Crippen LogP contribution is 2.03. The largest absolute Gasteiger partial charge is 0.447 e. The third-order valence-electron chi connectivity index (χ3n) is 1.26. The third-order valence-corrected chi connectivity index (χ3v) is 1.26. The van der Waals surface area contributed by atoms with Crippen LogP contribution in [0.4, 0.5) is 10.6 Å². The van der Waals surface area contributed by atoms with Gasteiger partial charge in [-0.2, -0.15) is 5.10 Å². The molecule has 0 fully saturated rings. The molecular formula is C7H11N3O3. The first-order valence-electron chi connectivity index (χ1n) is 3.79. The SMILES string of the molecule is Cc1cc(NC(=O)OCCO)n[nH]1. The predicted molar refractivity (Wildman–Crippen MR) is 45.4 cm³/mol. The molecule has 13 heavy (non-hydrogen) atoms. The molecule has 0 saturated heterocycles. The Morgan fingerprint density at radius 3 is 3.15 bits per heavy atom. The van der Waals surface area contributed by atoms with E-state index < -0.39 is 6.09 Å². The molecule has 1 aromatic rings. The Morgan fingerprint density at radius 2 is 2.62 bits per heavy atom. The first-order valence-corrected chi connectivity index (χ1v) is 3.79. The van der Waals surface area contributed by atoms with Crippen molar-refractivity contribution in [3.63, 3.8) is 0 Å². The predicted octanol–water partition coefficient (Wildman–Crippen LogP) is 0.259. The quantitative estimate of drug-likeness (QED) is 0.630. The highest BCUT2D eigenvalue weighted by molar-refractivity contribution is 5.83. The van der Waals surface area contributed by atoms with Gasteiger partial charge in [-0.15, -0.1) is 0 Å². The van der Waals surface area contributed by atoms with Gasteiger partial charge < -0.3 is 9.84 Å². The van der Waals surface area contributed by atoms with Crippen LogP contribution < -0.4 is 5.32 Å². The second kappa shape index (κ2) is 4.46. The van der Waals surface area contributed by atoms with Gasteiger partial charge in [-0.1, -0.05) is 0 Å². The number of H-pyrrole nitrogens is 1. The molecule has 1 aromatic heterocycles. The summed E-state index contributed by atoms with van der Waals surface area (Å²) in [7, 11) is 0. The van der Waals surface area contributed by atoms with E-state index in [1.807, 2.05) is 6.92 Å². The molecule has 1 rings (SSSR count). The number of amides is 1. The molecule has 0 atom stereocenters. The van der Waals surface area contributed by atoms with Crippen LogP contribution in [-0.2, 0) is 4.74 Å². The van der Waals surface area contributed by atoms with E-state index in [4.69, 9.17) is 5.11 Å². The maximum atomic E-state index is 10.9. The van der Waals surface area contributed by atoms with Gasteiger partial charge in [0.05, 0.1) is 6.61 Å². The van der Waals surface area contributed by atoms with Crippen LogP contribution >= 0.6 is 0 Å². The second-order valence-corrected chi connectivity index (χ2v) is 2.42. The van der Waals surface area contributed by atoms with Gasteiger partial charge in [0.15, 0.2) is 5.82 Å². The number of carbonyl (C=O) groups is 1. The summed E-state index contributed by atoms with van der Waals surface area (Å²) < 4.78 is 4.55. The van der Waals surface area contributed by atoms with Crippen molar-refractivity contribution in [2.75, 3.05) is 18.5 Å². The van der Waals surface area contributed by atoms with Crippen LogP contribution in [0, 0.1) is 6.92 Å². The van der Waals surface area contributed by atoms with E-state index in [0.717, 1.165) is 5.69 Å². The number of rotatable bonds is 3. The first kappa shape index (κ1) is 9.53. The molecule has 0 spiro atoms. The number of aromatic amines is 1. The van der Waals surface area contributed by atoms with E-state index in [2.05, 4.69) is 20.3 Å². The van der Waals surface area contributed by atoms with Crippen LogP contribution in [0.5, 0.6) is 0 Å². The molecule has 0 aromatic carbocycles. The van der Waals surface area contributed by atoms with E-state index in [-0.39, 0.29) is 13.2 Å². The van der Waals surface area contributed by atoms with Gasteiger partial charge >= 0.3 is 6.09 Å². The normalized spacial score (nSPS) is 9.69. The highest BCUT2D eigenvalue weighted by atomic mass is 16.6.